The van der Waals surface area contributed by atoms with Gasteiger partial charge in [-0.3, -0.25) is 0 Å². The molecule has 17 heavy (non-hydrogen) atoms. The van der Waals surface area contributed by atoms with Gasteiger partial charge in [-0.1, -0.05) is 33.4 Å². The van der Waals surface area contributed by atoms with Crippen molar-refractivity contribution in [3.63, 3.8) is 0 Å². The van der Waals surface area contributed by atoms with Gasteiger partial charge in [0, 0.05) is 24.9 Å². The zero-order valence-corrected chi connectivity index (χ0v) is 11.7. The number of nitrogens with zero attached hydrogens (tertiary/aromatic N) is 1. The highest BCUT2D eigenvalue weighted by atomic mass is 15.1. The Kier molecular flexibility index (Phi) is 3.03. The third-order valence-electron chi connectivity index (χ3n) is 3.87. The van der Waals surface area contributed by atoms with Gasteiger partial charge in [-0.15, -0.1) is 0 Å². The zero-order valence-electron chi connectivity index (χ0n) is 11.7. The number of hydrogen-bond acceptors (Lipinski definition) is 1. The van der Waals surface area contributed by atoms with Gasteiger partial charge in [0.15, 0.2) is 0 Å². The summed E-state index contributed by atoms with van der Waals surface area (Å²) in [4.78, 5) is 2.26. The maximum atomic E-state index is 4.17. The first-order valence-corrected chi connectivity index (χ1v) is 6.54. The van der Waals surface area contributed by atoms with Crippen LogP contribution in [0.25, 0.3) is 0 Å². The topological polar surface area (TPSA) is 3.24 Å². The van der Waals surface area contributed by atoms with Crippen LogP contribution in [0.3, 0.4) is 0 Å². The second-order valence-electron chi connectivity index (χ2n) is 5.40. The van der Waals surface area contributed by atoms with Gasteiger partial charge in [0.05, 0.1) is 0 Å². The third kappa shape index (κ3) is 1.78. The molecule has 1 aromatic carbocycles. The van der Waals surface area contributed by atoms with E-state index >= 15 is 0 Å². The van der Waals surface area contributed by atoms with E-state index in [2.05, 4.69) is 52.3 Å². The summed E-state index contributed by atoms with van der Waals surface area (Å²) in [6.45, 7) is 13.2. The number of rotatable bonds is 2. The van der Waals surface area contributed by atoms with Crippen molar-refractivity contribution in [3.8, 4) is 0 Å². The van der Waals surface area contributed by atoms with E-state index in [0.29, 0.717) is 5.92 Å². The maximum Gasteiger partial charge on any atom is 0.0474 e. The van der Waals surface area contributed by atoms with Gasteiger partial charge in [-0.25, -0.2) is 0 Å². The number of hydrogen-bond donors (Lipinski definition) is 0. The molecular weight excluding hydrogens is 206 g/mol. The van der Waals surface area contributed by atoms with Crippen LogP contribution in [0.4, 0.5) is 5.69 Å². The van der Waals surface area contributed by atoms with Gasteiger partial charge in [0.25, 0.3) is 0 Å². The van der Waals surface area contributed by atoms with Crippen LogP contribution in [0, 0.1) is 6.92 Å². The van der Waals surface area contributed by atoms with E-state index in [1.165, 1.54) is 28.1 Å². The quantitative estimate of drug-likeness (QED) is 0.735. The van der Waals surface area contributed by atoms with E-state index in [1.807, 2.05) is 0 Å². The van der Waals surface area contributed by atoms with Crippen LogP contribution in [-0.4, -0.2) is 7.05 Å². The molecule has 92 valence electrons. The molecule has 1 aliphatic heterocycles. The number of fused-ring (bicyclic) bond motifs is 1. The van der Waals surface area contributed by atoms with Gasteiger partial charge in [-0.05, 0) is 41.5 Å². The van der Waals surface area contributed by atoms with Gasteiger partial charge in [0.2, 0.25) is 0 Å². The molecule has 1 nitrogen and oxygen atoms in total. The minimum Gasteiger partial charge on any atom is -0.348 e. The Morgan fingerprint density at radius 3 is 2.59 bits per heavy atom. The first-order chi connectivity index (χ1) is 7.97. The Labute approximate surface area is 105 Å². The highest BCUT2D eigenvalue weighted by Crippen LogP contribution is 2.41. The number of allylic oxidation sites excluding steroid dienone is 1. The molecule has 0 unspecified atom stereocenters. The normalized spacial score (nSPS) is 14.7. The summed E-state index contributed by atoms with van der Waals surface area (Å²) < 4.78 is 0. The standard InChI is InChI=1S/C16H23N/c1-7-13-8-11(4)16-14(15(13)10(2)3)9-12(5)17(16)6/h8,10H,5,7,9H2,1-4,6H3. The lowest BCUT2D eigenvalue weighted by atomic mass is 9.87. The summed E-state index contributed by atoms with van der Waals surface area (Å²) in [6.07, 6.45) is 2.14. The maximum absolute atomic E-state index is 4.17. The number of aryl methyl sites for hydroxylation is 2. The molecule has 0 amide bonds. The van der Waals surface area contributed by atoms with E-state index < -0.39 is 0 Å². The third-order valence-corrected chi connectivity index (χ3v) is 3.87. The van der Waals surface area contributed by atoms with Gasteiger partial charge in [-0.2, -0.15) is 0 Å². The van der Waals surface area contributed by atoms with Crippen molar-refractivity contribution in [1.29, 1.82) is 0 Å². The molecule has 1 heterocycles. The Bertz CT molecular complexity index is 469. The molecule has 1 aliphatic rings. The smallest absolute Gasteiger partial charge is 0.0474 e. The van der Waals surface area contributed by atoms with Crippen LogP contribution in [0.2, 0.25) is 0 Å². The Hall–Kier alpha value is -1.24. The first-order valence-electron chi connectivity index (χ1n) is 6.54. The average Bonchev–Trinajstić information content (AvgIpc) is 2.54. The van der Waals surface area contributed by atoms with E-state index in [-0.39, 0.29) is 0 Å². The molecule has 0 atom stereocenters. The first kappa shape index (κ1) is 12.2. The van der Waals surface area contributed by atoms with Crippen molar-refractivity contribution in [3.05, 3.63) is 40.6 Å². The number of likely N-dealkylation sites (N-methyl/N-ethyl adjacent to an activating group) is 1. The van der Waals surface area contributed by atoms with Crippen molar-refractivity contribution in [2.24, 2.45) is 0 Å². The Balaban J connectivity index is 2.72. The van der Waals surface area contributed by atoms with Crippen LogP contribution in [0.15, 0.2) is 18.3 Å². The molecule has 0 bridgehead atoms. The molecule has 2 rings (SSSR count). The number of benzene rings is 1. The lowest BCUT2D eigenvalue weighted by Crippen LogP contribution is -2.11. The summed E-state index contributed by atoms with van der Waals surface area (Å²) in [5.74, 6) is 0.596. The molecular formula is C16H23N. The van der Waals surface area contributed by atoms with Gasteiger partial charge < -0.3 is 4.90 Å². The Morgan fingerprint density at radius 2 is 2.06 bits per heavy atom. The molecule has 1 aromatic rings. The molecule has 0 N–H and O–H groups in total. The molecule has 1 heteroatoms. The fourth-order valence-corrected chi connectivity index (χ4v) is 3.11. The van der Waals surface area contributed by atoms with E-state index in [4.69, 9.17) is 0 Å². The lowest BCUT2D eigenvalue weighted by Gasteiger charge is -2.21. The summed E-state index contributed by atoms with van der Waals surface area (Å²) in [5.41, 5.74) is 8.60. The fourth-order valence-electron chi connectivity index (χ4n) is 3.11. The van der Waals surface area contributed by atoms with Crippen LogP contribution in [0.1, 0.15) is 48.9 Å². The summed E-state index contributed by atoms with van der Waals surface area (Å²) in [5, 5.41) is 0. The van der Waals surface area contributed by atoms with Crippen molar-refractivity contribution in [2.45, 2.75) is 46.5 Å². The molecule has 0 fully saturated rings. The lowest BCUT2D eigenvalue weighted by molar-refractivity contribution is 0.830. The minimum atomic E-state index is 0.596. The van der Waals surface area contributed by atoms with E-state index in [9.17, 15) is 0 Å². The van der Waals surface area contributed by atoms with Crippen LogP contribution in [-0.2, 0) is 12.8 Å². The molecule has 0 aliphatic carbocycles. The van der Waals surface area contributed by atoms with E-state index in [0.717, 1.165) is 12.8 Å². The summed E-state index contributed by atoms with van der Waals surface area (Å²) in [7, 11) is 2.14. The second-order valence-corrected chi connectivity index (χ2v) is 5.40. The molecule has 0 aromatic heterocycles. The van der Waals surface area contributed by atoms with Gasteiger partial charge >= 0.3 is 0 Å². The molecule has 0 spiro atoms. The van der Waals surface area contributed by atoms with E-state index in [1.54, 1.807) is 5.56 Å². The highest BCUT2D eigenvalue weighted by molar-refractivity contribution is 5.72. The van der Waals surface area contributed by atoms with Crippen LogP contribution >= 0.6 is 0 Å². The molecule has 0 saturated heterocycles. The van der Waals surface area contributed by atoms with Crippen LogP contribution < -0.4 is 4.90 Å². The van der Waals surface area contributed by atoms with Crippen molar-refractivity contribution in [2.75, 3.05) is 11.9 Å². The van der Waals surface area contributed by atoms with Crippen molar-refractivity contribution in [1.82, 2.24) is 0 Å². The zero-order chi connectivity index (χ0) is 12.7. The summed E-state index contributed by atoms with van der Waals surface area (Å²) in [6, 6.07) is 2.36. The van der Waals surface area contributed by atoms with Crippen molar-refractivity contribution >= 4 is 5.69 Å². The summed E-state index contributed by atoms with van der Waals surface area (Å²) >= 11 is 0. The second kappa shape index (κ2) is 4.21. The van der Waals surface area contributed by atoms with Crippen LogP contribution in [0.5, 0.6) is 0 Å². The average molecular weight is 229 g/mol. The monoisotopic (exact) mass is 229 g/mol. The molecule has 0 radical (unpaired) electrons. The SMILES string of the molecule is C=C1Cc2c(C(C)C)c(CC)cc(C)c2N1C. The number of anilines is 1. The Morgan fingerprint density at radius 1 is 1.41 bits per heavy atom. The van der Waals surface area contributed by atoms with Crippen molar-refractivity contribution < 1.29 is 0 Å². The highest BCUT2D eigenvalue weighted by Gasteiger charge is 2.26. The molecule has 0 saturated carbocycles. The fraction of sp³-hybridized carbons (Fsp3) is 0.500. The predicted octanol–water partition coefficient (Wildman–Crippen LogP) is 4.19. The minimum absolute atomic E-state index is 0.596. The predicted molar refractivity (Wildman–Crippen MR) is 75.9 cm³/mol. The van der Waals surface area contributed by atoms with Gasteiger partial charge in [0.1, 0.15) is 0 Å². The largest absolute Gasteiger partial charge is 0.348 e.